The molecule has 8 heteroatoms. The lowest BCUT2D eigenvalue weighted by Gasteiger charge is -2.28. The van der Waals surface area contributed by atoms with Gasteiger partial charge in [0.15, 0.2) is 12.2 Å². The highest BCUT2D eigenvalue weighted by atomic mass is 16.2. The molecule has 1 aromatic heterocycles. The zero-order valence-corrected chi connectivity index (χ0v) is 16.4. The number of quaternary nitrogens is 1. The molecular weight excluding hydrogens is 358 g/mol. The van der Waals surface area contributed by atoms with E-state index in [0.717, 1.165) is 31.5 Å². The van der Waals surface area contributed by atoms with Gasteiger partial charge in [0, 0.05) is 7.05 Å². The van der Waals surface area contributed by atoms with Crippen molar-refractivity contribution >= 4 is 17.4 Å². The van der Waals surface area contributed by atoms with Crippen LogP contribution in [0.3, 0.4) is 0 Å². The molecule has 1 saturated heterocycles. The molecule has 1 aliphatic heterocycles. The van der Waals surface area contributed by atoms with Crippen molar-refractivity contribution in [1.29, 1.82) is 0 Å². The Morgan fingerprint density at radius 2 is 1.89 bits per heavy atom. The smallest absolute Gasteiger partial charge is 0.330 e. The summed E-state index contributed by atoms with van der Waals surface area (Å²) < 4.78 is 1.28. The molecule has 0 aliphatic carbocycles. The molecule has 1 aromatic carbocycles. The number of nitrogen functional groups attached to an aromatic ring is 1. The third-order valence-electron chi connectivity index (χ3n) is 5.49. The molecule has 0 atom stereocenters. The maximum atomic E-state index is 12.8. The van der Waals surface area contributed by atoms with Crippen LogP contribution in [0.4, 0.5) is 11.5 Å². The molecule has 1 aliphatic rings. The Bertz CT molecular complexity index is 943. The maximum Gasteiger partial charge on any atom is 0.330 e. The van der Waals surface area contributed by atoms with Gasteiger partial charge in [0.25, 0.3) is 11.5 Å². The minimum absolute atomic E-state index is 0.00396. The van der Waals surface area contributed by atoms with Gasteiger partial charge >= 0.3 is 5.69 Å². The number of H-pyrrole nitrogens is 1. The Balaban J connectivity index is 1.84. The van der Waals surface area contributed by atoms with Crippen LogP contribution in [0.2, 0.25) is 0 Å². The molecule has 2 heterocycles. The fraction of sp³-hybridized carbons (Fsp3) is 0.450. The summed E-state index contributed by atoms with van der Waals surface area (Å²) in [6.07, 6.45) is 2.19. The summed E-state index contributed by atoms with van der Waals surface area (Å²) >= 11 is 0. The summed E-state index contributed by atoms with van der Waals surface area (Å²) in [6.45, 7) is 4.63. The minimum atomic E-state index is -0.648. The van der Waals surface area contributed by atoms with Crippen LogP contribution in [-0.2, 0) is 11.3 Å². The molecule has 4 N–H and O–H groups in total. The van der Waals surface area contributed by atoms with Crippen molar-refractivity contribution in [1.82, 2.24) is 9.55 Å². The number of nitrogens with two attached hydrogens (primary N) is 1. The Hall–Kier alpha value is -2.87. The number of aromatic amines is 1. The second kappa shape index (κ2) is 8.43. The number of aromatic nitrogens is 2. The number of hydrogen-bond donors (Lipinski definition) is 3. The number of nitrogens with zero attached hydrogens (tertiary/aromatic N) is 2. The number of piperidine rings is 1. The SMILES string of the molecule is CC1CC[NH+](CC(=O)N(C)c2c(N)n(Cc3ccccc3)c(=O)[nH]c2=O)CC1. The highest BCUT2D eigenvalue weighted by Crippen LogP contribution is 2.16. The van der Waals surface area contributed by atoms with Gasteiger partial charge in [-0.05, 0) is 24.3 Å². The van der Waals surface area contributed by atoms with Gasteiger partial charge in [0.2, 0.25) is 0 Å². The van der Waals surface area contributed by atoms with Crippen molar-refractivity contribution in [3.63, 3.8) is 0 Å². The van der Waals surface area contributed by atoms with Gasteiger partial charge in [0.05, 0.1) is 19.6 Å². The molecule has 0 radical (unpaired) electrons. The van der Waals surface area contributed by atoms with E-state index in [9.17, 15) is 14.4 Å². The van der Waals surface area contributed by atoms with Crippen LogP contribution in [0.5, 0.6) is 0 Å². The van der Waals surface area contributed by atoms with Crippen LogP contribution in [0.15, 0.2) is 39.9 Å². The largest absolute Gasteiger partial charge is 0.383 e. The number of benzene rings is 1. The molecule has 8 nitrogen and oxygen atoms in total. The number of amides is 1. The summed E-state index contributed by atoms with van der Waals surface area (Å²) in [7, 11) is 1.53. The summed E-state index contributed by atoms with van der Waals surface area (Å²) in [5, 5.41) is 0. The van der Waals surface area contributed by atoms with Gasteiger partial charge < -0.3 is 15.5 Å². The molecule has 150 valence electrons. The first kappa shape index (κ1) is 19.9. The lowest BCUT2D eigenvalue weighted by molar-refractivity contribution is -0.898. The lowest BCUT2D eigenvalue weighted by atomic mass is 9.99. The van der Waals surface area contributed by atoms with Crippen molar-refractivity contribution in [2.75, 3.05) is 37.3 Å². The number of likely N-dealkylation sites (N-methyl/N-ethyl adjacent to an activating group) is 1. The van der Waals surface area contributed by atoms with Crippen molar-refractivity contribution in [2.24, 2.45) is 5.92 Å². The van der Waals surface area contributed by atoms with E-state index >= 15 is 0 Å². The van der Waals surface area contributed by atoms with Crippen molar-refractivity contribution in [3.05, 3.63) is 56.7 Å². The van der Waals surface area contributed by atoms with E-state index in [2.05, 4.69) is 11.9 Å². The number of carbonyl (C=O) groups excluding carboxylic acids is 1. The van der Waals surface area contributed by atoms with Crippen molar-refractivity contribution in [3.8, 4) is 0 Å². The number of anilines is 2. The fourth-order valence-electron chi connectivity index (χ4n) is 3.63. The highest BCUT2D eigenvalue weighted by molar-refractivity contribution is 5.95. The molecule has 1 amide bonds. The summed E-state index contributed by atoms with van der Waals surface area (Å²) in [5.74, 6) is 0.499. The normalized spacial score (nSPS) is 19.4. The molecule has 3 rings (SSSR count). The van der Waals surface area contributed by atoms with E-state index in [1.54, 1.807) is 0 Å². The lowest BCUT2D eigenvalue weighted by Crippen LogP contribution is -3.14. The zero-order chi connectivity index (χ0) is 20.3. The predicted molar refractivity (Wildman–Crippen MR) is 109 cm³/mol. The average molecular weight is 386 g/mol. The third-order valence-corrected chi connectivity index (χ3v) is 5.49. The zero-order valence-electron chi connectivity index (χ0n) is 16.4. The predicted octanol–water partition coefficient (Wildman–Crippen LogP) is -0.555. The molecule has 2 aromatic rings. The Kier molecular flexibility index (Phi) is 5.99. The second-order valence-corrected chi connectivity index (χ2v) is 7.63. The number of likely N-dealkylation sites (tertiary alicyclic amines) is 1. The van der Waals surface area contributed by atoms with Gasteiger partial charge in [-0.3, -0.25) is 19.1 Å². The molecule has 28 heavy (non-hydrogen) atoms. The first-order valence-corrected chi connectivity index (χ1v) is 9.63. The monoisotopic (exact) mass is 386 g/mol. The molecular formula is C20H28N5O3+. The first-order valence-electron chi connectivity index (χ1n) is 9.63. The average Bonchev–Trinajstić information content (AvgIpc) is 2.67. The van der Waals surface area contributed by atoms with Crippen LogP contribution < -0.4 is 26.8 Å². The van der Waals surface area contributed by atoms with Crippen LogP contribution in [0.1, 0.15) is 25.3 Å². The Morgan fingerprint density at radius 3 is 2.54 bits per heavy atom. The standard InChI is InChI=1S/C20H27N5O3/c1-14-8-10-24(11-9-14)13-16(26)23(2)17-18(21)25(20(28)22-19(17)27)12-15-6-4-3-5-7-15/h3-7,14H,8-13,21H2,1-2H3,(H,22,27,28)/p+1. The Morgan fingerprint density at radius 1 is 1.25 bits per heavy atom. The van der Waals surface area contributed by atoms with Gasteiger partial charge in [-0.25, -0.2) is 4.79 Å². The minimum Gasteiger partial charge on any atom is -0.383 e. The van der Waals surface area contributed by atoms with Crippen LogP contribution in [0, 0.1) is 5.92 Å². The van der Waals surface area contributed by atoms with E-state index in [0.29, 0.717) is 12.5 Å². The third kappa shape index (κ3) is 4.33. The van der Waals surface area contributed by atoms with Gasteiger partial charge in [-0.1, -0.05) is 37.3 Å². The molecule has 0 bridgehead atoms. The van der Waals surface area contributed by atoms with Gasteiger partial charge in [-0.2, -0.15) is 0 Å². The molecule has 1 fully saturated rings. The van der Waals surface area contributed by atoms with Crippen LogP contribution in [0.25, 0.3) is 0 Å². The maximum absolute atomic E-state index is 12.8. The number of nitrogens with one attached hydrogen (secondary N) is 2. The van der Waals surface area contributed by atoms with E-state index in [1.807, 2.05) is 30.3 Å². The van der Waals surface area contributed by atoms with Crippen LogP contribution in [-0.4, -0.2) is 42.1 Å². The Labute approximate surface area is 163 Å². The van der Waals surface area contributed by atoms with Crippen molar-refractivity contribution < 1.29 is 9.69 Å². The van der Waals surface area contributed by atoms with Gasteiger partial charge in [0.1, 0.15) is 5.82 Å². The molecule has 0 spiro atoms. The van der Waals surface area contributed by atoms with E-state index < -0.39 is 11.2 Å². The fourth-order valence-corrected chi connectivity index (χ4v) is 3.63. The summed E-state index contributed by atoms with van der Waals surface area (Å²) in [5.41, 5.74) is 5.82. The summed E-state index contributed by atoms with van der Waals surface area (Å²) in [6, 6.07) is 9.34. The number of hydrogen-bond acceptors (Lipinski definition) is 4. The van der Waals surface area contributed by atoms with E-state index in [-0.39, 0.29) is 24.0 Å². The quantitative estimate of drug-likeness (QED) is 0.641. The summed E-state index contributed by atoms with van der Waals surface area (Å²) in [4.78, 5) is 42.2. The highest BCUT2D eigenvalue weighted by Gasteiger charge is 2.26. The van der Waals surface area contributed by atoms with E-state index in [4.69, 9.17) is 5.73 Å². The topological polar surface area (TPSA) is 106 Å². The number of rotatable bonds is 5. The second-order valence-electron chi connectivity index (χ2n) is 7.63. The molecule has 0 saturated carbocycles. The number of carbonyl (C=O) groups is 1. The van der Waals surface area contributed by atoms with Gasteiger partial charge in [-0.15, -0.1) is 0 Å². The van der Waals surface area contributed by atoms with Crippen LogP contribution >= 0.6 is 0 Å². The molecule has 0 unspecified atom stereocenters. The first-order chi connectivity index (χ1) is 13.4. The van der Waals surface area contributed by atoms with E-state index in [1.165, 1.54) is 21.4 Å². The van der Waals surface area contributed by atoms with Crippen molar-refractivity contribution in [2.45, 2.75) is 26.3 Å².